The van der Waals surface area contributed by atoms with Crippen molar-refractivity contribution in [3.05, 3.63) is 64.6 Å². The summed E-state index contributed by atoms with van der Waals surface area (Å²) in [7, 11) is 0. The van der Waals surface area contributed by atoms with E-state index in [1.165, 1.54) is 16.7 Å². The number of carboxylic acid groups (broad SMARTS) is 1. The summed E-state index contributed by atoms with van der Waals surface area (Å²) in [4.78, 5) is 26.5. The molecule has 0 bridgehead atoms. The van der Waals surface area contributed by atoms with E-state index in [2.05, 4.69) is 0 Å². The Morgan fingerprint density at radius 1 is 1.17 bits per heavy atom. The average Bonchev–Trinajstić information content (AvgIpc) is 2.53. The molecule has 0 radical (unpaired) electrons. The minimum absolute atomic E-state index is 0.281. The number of carbonyl (C=O) groups excluding carboxylic acids is 1. The Morgan fingerprint density at radius 2 is 1.87 bits per heavy atom. The molecule has 3 rings (SSSR count). The number of rotatable bonds is 3. The third-order valence-electron chi connectivity index (χ3n) is 3.50. The number of benzene rings is 2. The molecule has 0 aromatic heterocycles. The number of thioether (sulfide) groups is 1. The summed E-state index contributed by atoms with van der Waals surface area (Å²) in [6, 6.07) is 15.2. The van der Waals surface area contributed by atoms with E-state index >= 15 is 0 Å². The smallest absolute Gasteiger partial charge is 0.323 e. The highest BCUT2D eigenvalue weighted by atomic mass is 32.2. The number of aliphatic carboxylic acids is 1. The Kier molecular flexibility index (Phi) is 4.21. The zero-order chi connectivity index (χ0) is 16.4. The Bertz CT molecular complexity index is 796. The molecule has 0 spiro atoms. The van der Waals surface area contributed by atoms with Crippen molar-refractivity contribution in [2.75, 3.05) is 11.4 Å². The van der Waals surface area contributed by atoms with Crippen LogP contribution in [0.5, 0.6) is 0 Å². The van der Waals surface area contributed by atoms with Gasteiger partial charge in [-0.1, -0.05) is 53.7 Å². The van der Waals surface area contributed by atoms with Crippen LogP contribution in [0.3, 0.4) is 0 Å². The van der Waals surface area contributed by atoms with Gasteiger partial charge >= 0.3 is 5.97 Å². The number of hydrogen-bond acceptors (Lipinski definition) is 3. The molecule has 1 heterocycles. The highest BCUT2D eigenvalue weighted by Crippen LogP contribution is 2.41. The largest absolute Gasteiger partial charge is 0.480 e. The Labute approximate surface area is 138 Å². The van der Waals surface area contributed by atoms with Crippen LogP contribution in [-0.2, 0) is 9.59 Å². The zero-order valence-electron chi connectivity index (χ0n) is 12.5. The fourth-order valence-electron chi connectivity index (χ4n) is 2.37. The Balaban J connectivity index is 2.01. The Morgan fingerprint density at radius 3 is 2.57 bits per heavy atom. The second-order valence-electron chi connectivity index (χ2n) is 5.27. The molecule has 1 N–H and O–H groups in total. The van der Waals surface area contributed by atoms with Crippen LogP contribution in [0.4, 0.5) is 5.69 Å². The van der Waals surface area contributed by atoms with Crippen molar-refractivity contribution in [2.24, 2.45) is 0 Å². The molecule has 0 fully saturated rings. The highest BCUT2D eigenvalue weighted by Gasteiger charge is 2.30. The van der Waals surface area contributed by atoms with Crippen LogP contribution < -0.4 is 4.90 Å². The van der Waals surface area contributed by atoms with Crippen molar-refractivity contribution in [2.45, 2.75) is 11.8 Å². The minimum atomic E-state index is -1.03. The lowest BCUT2D eigenvalue weighted by molar-refractivity contribution is -0.136. The number of anilines is 1. The van der Waals surface area contributed by atoms with Crippen molar-refractivity contribution in [1.82, 2.24) is 0 Å². The lowest BCUT2D eigenvalue weighted by Gasteiger charge is -2.28. The van der Waals surface area contributed by atoms with Gasteiger partial charge in [0.05, 0.1) is 10.6 Å². The minimum Gasteiger partial charge on any atom is -0.480 e. The molecule has 1 aliphatic rings. The lowest BCUT2D eigenvalue weighted by Crippen LogP contribution is -2.38. The third kappa shape index (κ3) is 3.29. The van der Waals surface area contributed by atoms with Gasteiger partial charge in [0.15, 0.2) is 0 Å². The molecule has 116 valence electrons. The van der Waals surface area contributed by atoms with Crippen molar-refractivity contribution in [1.29, 1.82) is 0 Å². The maximum absolute atomic E-state index is 12.7. The number of fused-ring (bicyclic) bond motifs is 1. The summed E-state index contributed by atoms with van der Waals surface area (Å²) < 4.78 is 0. The van der Waals surface area contributed by atoms with Crippen LogP contribution in [0.25, 0.3) is 6.08 Å². The van der Waals surface area contributed by atoms with E-state index in [1.807, 2.05) is 43.3 Å². The molecule has 1 aliphatic heterocycles. The molecule has 0 unspecified atom stereocenters. The molecule has 0 saturated heterocycles. The van der Waals surface area contributed by atoms with E-state index < -0.39 is 5.97 Å². The first-order valence-corrected chi connectivity index (χ1v) is 7.95. The second kappa shape index (κ2) is 6.30. The lowest BCUT2D eigenvalue weighted by atomic mass is 10.1. The van der Waals surface area contributed by atoms with Gasteiger partial charge in [-0.25, -0.2) is 0 Å². The number of carbonyl (C=O) groups is 2. The molecular formula is C18H15NO3S. The number of nitrogens with zero attached hydrogens (tertiary/aromatic N) is 1. The third-order valence-corrected chi connectivity index (χ3v) is 4.58. The van der Waals surface area contributed by atoms with E-state index in [1.54, 1.807) is 18.2 Å². The van der Waals surface area contributed by atoms with Gasteiger partial charge in [0.2, 0.25) is 0 Å². The maximum atomic E-state index is 12.7. The standard InChI is InChI=1S/C18H15NO3S/c1-12-6-8-13(9-7-12)10-16-18(22)19(11-17(20)21)14-4-2-3-5-15(14)23-16/h2-10H,11H2,1H3,(H,20,21). The van der Waals surface area contributed by atoms with Crippen molar-refractivity contribution in [3.8, 4) is 0 Å². The first-order valence-electron chi connectivity index (χ1n) is 7.13. The molecule has 2 aromatic rings. The second-order valence-corrected chi connectivity index (χ2v) is 6.36. The van der Waals surface area contributed by atoms with Gasteiger partial charge in [-0.3, -0.25) is 14.5 Å². The summed E-state index contributed by atoms with van der Waals surface area (Å²) in [5.41, 5.74) is 2.71. The number of amides is 1. The van der Waals surface area contributed by atoms with Crippen molar-refractivity contribution >= 4 is 35.4 Å². The van der Waals surface area contributed by atoms with Crippen LogP contribution in [0, 0.1) is 6.92 Å². The predicted octanol–water partition coefficient (Wildman–Crippen LogP) is 3.56. The number of para-hydroxylation sites is 1. The van der Waals surface area contributed by atoms with Gasteiger partial charge in [0, 0.05) is 4.90 Å². The van der Waals surface area contributed by atoms with Gasteiger partial charge in [-0.15, -0.1) is 0 Å². The van der Waals surface area contributed by atoms with Crippen LogP contribution in [0.1, 0.15) is 11.1 Å². The fraction of sp³-hybridized carbons (Fsp3) is 0.111. The SMILES string of the molecule is Cc1ccc(C=C2Sc3ccccc3N(CC(=O)O)C2=O)cc1. The summed E-state index contributed by atoms with van der Waals surface area (Å²) >= 11 is 1.37. The van der Waals surface area contributed by atoms with Gasteiger partial charge < -0.3 is 5.11 Å². The van der Waals surface area contributed by atoms with Crippen LogP contribution in [0.15, 0.2) is 58.3 Å². The van der Waals surface area contributed by atoms with E-state index in [-0.39, 0.29) is 12.5 Å². The first kappa shape index (κ1) is 15.4. The number of carboxylic acids is 1. The Hall–Kier alpha value is -2.53. The summed E-state index contributed by atoms with van der Waals surface area (Å²) in [5, 5.41) is 9.10. The average molecular weight is 325 g/mol. The summed E-state index contributed by atoms with van der Waals surface area (Å²) in [6.45, 7) is 1.66. The van der Waals surface area contributed by atoms with E-state index in [9.17, 15) is 9.59 Å². The molecule has 0 aliphatic carbocycles. The predicted molar refractivity (Wildman–Crippen MR) is 91.4 cm³/mol. The molecule has 1 amide bonds. The van der Waals surface area contributed by atoms with Gasteiger partial charge in [0.25, 0.3) is 5.91 Å². The highest BCUT2D eigenvalue weighted by molar-refractivity contribution is 8.04. The summed E-state index contributed by atoms with van der Waals surface area (Å²) in [6.07, 6.45) is 1.80. The topological polar surface area (TPSA) is 57.6 Å². The quantitative estimate of drug-likeness (QED) is 0.877. The fourth-order valence-corrected chi connectivity index (χ4v) is 3.43. The molecule has 5 heteroatoms. The molecular weight excluding hydrogens is 310 g/mol. The van der Waals surface area contributed by atoms with Gasteiger partial charge in [-0.05, 0) is 30.7 Å². The normalized spacial score (nSPS) is 15.6. The van der Waals surface area contributed by atoms with Crippen LogP contribution in [-0.4, -0.2) is 23.5 Å². The number of hydrogen-bond donors (Lipinski definition) is 1. The van der Waals surface area contributed by atoms with Crippen molar-refractivity contribution in [3.63, 3.8) is 0 Å². The van der Waals surface area contributed by atoms with Crippen LogP contribution >= 0.6 is 11.8 Å². The van der Waals surface area contributed by atoms with Crippen molar-refractivity contribution < 1.29 is 14.7 Å². The molecule has 4 nitrogen and oxygen atoms in total. The maximum Gasteiger partial charge on any atom is 0.323 e. The summed E-state index contributed by atoms with van der Waals surface area (Å²) in [5.74, 6) is -1.31. The monoisotopic (exact) mass is 325 g/mol. The zero-order valence-corrected chi connectivity index (χ0v) is 13.3. The van der Waals surface area contributed by atoms with Gasteiger partial charge in [0.1, 0.15) is 6.54 Å². The van der Waals surface area contributed by atoms with Crippen LogP contribution in [0.2, 0.25) is 0 Å². The van der Waals surface area contributed by atoms with Gasteiger partial charge in [-0.2, -0.15) is 0 Å². The van der Waals surface area contributed by atoms with E-state index in [0.29, 0.717) is 10.6 Å². The molecule has 0 saturated carbocycles. The number of aryl methyl sites for hydroxylation is 1. The first-order chi connectivity index (χ1) is 11.0. The van der Waals surface area contributed by atoms with E-state index in [0.717, 1.165) is 16.0 Å². The molecule has 2 aromatic carbocycles. The van der Waals surface area contributed by atoms with E-state index in [4.69, 9.17) is 5.11 Å². The molecule has 0 atom stereocenters. The molecule has 23 heavy (non-hydrogen) atoms.